The van der Waals surface area contributed by atoms with E-state index in [0.717, 1.165) is 5.56 Å². The molecule has 5 nitrogen and oxygen atoms in total. The number of nitriles is 1. The van der Waals surface area contributed by atoms with Gasteiger partial charge in [0, 0.05) is 11.8 Å². The van der Waals surface area contributed by atoms with Crippen LogP contribution >= 0.6 is 0 Å². The summed E-state index contributed by atoms with van der Waals surface area (Å²) >= 11 is 0. The van der Waals surface area contributed by atoms with Crippen molar-refractivity contribution in [3.8, 4) is 17.3 Å². The molecular weight excluding hydrogens is 254 g/mol. The Hall–Kier alpha value is -3.13. The summed E-state index contributed by atoms with van der Waals surface area (Å²) in [6.45, 7) is 0. The Kier molecular flexibility index (Phi) is 2.70. The summed E-state index contributed by atoms with van der Waals surface area (Å²) in [6.07, 6.45) is 1.66. The molecule has 3 aromatic rings. The topological polar surface area (TPSA) is 78.4 Å². The zero-order chi connectivity index (χ0) is 14.1. The number of pyridine rings is 1. The first-order chi connectivity index (χ1) is 9.70. The second-order valence-electron chi connectivity index (χ2n) is 4.24. The third-order valence-electron chi connectivity index (χ3n) is 3.00. The van der Waals surface area contributed by atoms with E-state index < -0.39 is 5.97 Å². The van der Waals surface area contributed by atoms with Crippen molar-refractivity contribution in [1.29, 1.82) is 5.26 Å². The molecule has 0 saturated carbocycles. The maximum Gasteiger partial charge on any atom is 0.372 e. The van der Waals surface area contributed by atoms with Gasteiger partial charge in [-0.1, -0.05) is 18.2 Å². The predicted octanol–water partition coefficient (Wildman–Crippen LogP) is 2.57. The zero-order valence-corrected chi connectivity index (χ0v) is 10.3. The lowest BCUT2D eigenvalue weighted by Crippen LogP contribution is -2.02. The normalized spacial score (nSPS) is 10.3. The van der Waals surface area contributed by atoms with Gasteiger partial charge in [0.2, 0.25) is 5.82 Å². The Morgan fingerprint density at radius 2 is 2.10 bits per heavy atom. The zero-order valence-electron chi connectivity index (χ0n) is 10.3. The van der Waals surface area contributed by atoms with E-state index in [1.807, 2.05) is 12.1 Å². The van der Waals surface area contributed by atoms with Crippen molar-refractivity contribution in [3.63, 3.8) is 0 Å². The monoisotopic (exact) mass is 263 g/mol. The van der Waals surface area contributed by atoms with Crippen molar-refractivity contribution in [1.82, 2.24) is 9.38 Å². The summed E-state index contributed by atoms with van der Waals surface area (Å²) in [4.78, 5) is 15.4. The number of aromatic carboxylic acids is 1. The minimum atomic E-state index is -1.09. The third-order valence-corrected chi connectivity index (χ3v) is 3.00. The molecule has 2 heterocycles. The van der Waals surface area contributed by atoms with Gasteiger partial charge in [-0.15, -0.1) is 0 Å². The minimum Gasteiger partial charge on any atom is -0.475 e. The minimum absolute atomic E-state index is 0.0436. The van der Waals surface area contributed by atoms with Crippen LogP contribution in [0.3, 0.4) is 0 Å². The fourth-order valence-corrected chi connectivity index (χ4v) is 2.14. The Morgan fingerprint density at radius 3 is 2.85 bits per heavy atom. The summed E-state index contributed by atoms with van der Waals surface area (Å²) in [6, 6.07) is 14.4. The Labute approximate surface area is 114 Å². The van der Waals surface area contributed by atoms with Crippen molar-refractivity contribution < 1.29 is 9.90 Å². The number of nitrogens with zero attached hydrogens (tertiary/aromatic N) is 3. The number of imidazole rings is 1. The number of hydrogen-bond acceptors (Lipinski definition) is 3. The van der Waals surface area contributed by atoms with Gasteiger partial charge in [-0.3, -0.25) is 4.40 Å². The van der Waals surface area contributed by atoms with Crippen LogP contribution in [0.15, 0.2) is 48.7 Å². The van der Waals surface area contributed by atoms with E-state index in [-0.39, 0.29) is 5.82 Å². The standard InChI is InChI=1S/C15H9N3O2/c16-9-10-4-3-5-11(8-10)13-12-6-1-2-7-18(12)14(17-13)15(19)20/h1-8H,(H,19,20). The molecule has 3 rings (SSSR count). The number of carbonyl (C=O) groups is 1. The Morgan fingerprint density at radius 1 is 1.25 bits per heavy atom. The summed E-state index contributed by atoms with van der Waals surface area (Å²) in [5.41, 5.74) is 2.48. The maximum atomic E-state index is 11.2. The SMILES string of the molecule is N#Cc1cccc(-c2nc(C(=O)O)n3ccccc23)c1. The third kappa shape index (κ3) is 1.80. The second-order valence-corrected chi connectivity index (χ2v) is 4.24. The fourth-order valence-electron chi connectivity index (χ4n) is 2.14. The Bertz CT molecular complexity index is 859. The van der Waals surface area contributed by atoms with Gasteiger partial charge in [0.15, 0.2) is 0 Å². The van der Waals surface area contributed by atoms with Gasteiger partial charge in [-0.2, -0.15) is 5.26 Å². The van der Waals surface area contributed by atoms with Crippen molar-refractivity contribution in [3.05, 3.63) is 60.0 Å². The second kappa shape index (κ2) is 4.52. The van der Waals surface area contributed by atoms with Gasteiger partial charge < -0.3 is 5.11 Å². The molecule has 96 valence electrons. The van der Waals surface area contributed by atoms with E-state index in [1.165, 1.54) is 4.40 Å². The highest BCUT2D eigenvalue weighted by atomic mass is 16.4. The van der Waals surface area contributed by atoms with Crippen LogP contribution in [0.1, 0.15) is 16.2 Å². The fraction of sp³-hybridized carbons (Fsp3) is 0. The molecule has 0 fully saturated rings. The van der Waals surface area contributed by atoms with Gasteiger partial charge in [-0.25, -0.2) is 9.78 Å². The first-order valence-electron chi connectivity index (χ1n) is 5.91. The molecule has 0 radical (unpaired) electrons. The molecule has 0 aliphatic heterocycles. The number of rotatable bonds is 2. The molecule has 1 N–H and O–H groups in total. The van der Waals surface area contributed by atoms with Crippen LogP contribution in [0, 0.1) is 11.3 Å². The molecule has 0 amide bonds. The van der Waals surface area contributed by atoms with Crippen LogP contribution in [0.4, 0.5) is 0 Å². The average Bonchev–Trinajstić information content (AvgIpc) is 2.87. The van der Waals surface area contributed by atoms with E-state index in [2.05, 4.69) is 11.1 Å². The largest absolute Gasteiger partial charge is 0.475 e. The summed E-state index contributed by atoms with van der Waals surface area (Å²) in [5.74, 6) is -1.13. The van der Waals surface area contributed by atoms with E-state index in [1.54, 1.807) is 36.5 Å². The van der Waals surface area contributed by atoms with Crippen LogP contribution in [0.25, 0.3) is 16.8 Å². The number of carboxylic acids is 1. The number of aromatic nitrogens is 2. The molecule has 0 saturated heterocycles. The quantitative estimate of drug-likeness (QED) is 0.770. The molecule has 0 bridgehead atoms. The van der Waals surface area contributed by atoms with E-state index in [4.69, 9.17) is 5.26 Å². The first-order valence-corrected chi connectivity index (χ1v) is 5.91. The molecule has 0 aliphatic rings. The van der Waals surface area contributed by atoms with E-state index in [0.29, 0.717) is 16.8 Å². The average molecular weight is 263 g/mol. The smallest absolute Gasteiger partial charge is 0.372 e. The molecule has 0 unspecified atom stereocenters. The highest BCUT2D eigenvalue weighted by Gasteiger charge is 2.17. The van der Waals surface area contributed by atoms with Crippen molar-refractivity contribution >= 4 is 11.5 Å². The number of hydrogen-bond donors (Lipinski definition) is 1. The summed E-state index contributed by atoms with van der Waals surface area (Å²) in [7, 11) is 0. The van der Waals surface area contributed by atoms with Gasteiger partial charge in [0.1, 0.15) is 0 Å². The molecular formula is C15H9N3O2. The van der Waals surface area contributed by atoms with Crippen LogP contribution in [0.2, 0.25) is 0 Å². The number of benzene rings is 1. The lowest BCUT2D eigenvalue weighted by molar-refractivity contribution is 0.0683. The van der Waals surface area contributed by atoms with Gasteiger partial charge in [0.25, 0.3) is 0 Å². The maximum absolute atomic E-state index is 11.2. The van der Waals surface area contributed by atoms with Gasteiger partial charge >= 0.3 is 5.97 Å². The molecule has 20 heavy (non-hydrogen) atoms. The molecule has 0 spiro atoms. The van der Waals surface area contributed by atoms with Gasteiger partial charge in [-0.05, 0) is 24.3 Å². The van der Waals surface area contributed by atoms with E-state index in [9.17, 15) is 9.90 Å². The summed E-state index contributed by atoms with van der Waals surface area (Å²) in [5, 5.41) is 18.2. The van der Waals surface area contributed by atoms with Crippen LogP contribution in [-0.4, -0.2) is 20.5 Å². The molecule has 5 heteroatoms. The van der Waals surface area contributed by atoms with E-state index >= 15 is 0 Å². The number of fused-ring (bicyclic) bond motifs is 1. The molecule has 0 atom stereocenters. The molecule has 2 aromatic heterocycles. The van der Waals surface area contributed by atoms with Crippen LogP contribution < -0.4 is 0 Å². The van der Waals surface area contributed by atoms with Crippen molar-refractivity contribution in [2.75, 3.05) is 0 Å². The lowest BCUT2D eigenvalue weighted by atomic mass is 10.1. The highest BCUT2D eigenvalue weighted by Crippen LogP contribution is 2.25. The van der Waals surface area contributed by atoms with Gasteiger partial charge in [0.05, 0.1) is 22.8 Å². The Balaban J connectivity index is 2.31. The predicted molar refractivity (Wildman–Crippen MR) is 72.3 cm³/mol. The van der Waals surface area contributed by atoms with Crippen LogP contribution in [0.5, 0.6) is 0 Å². The number of carboxylic acid groups (broad SMARTS) is 1. The highest BCUT2D eigenvalue weighted by molar-refractivity contribution is 5.89. The molecule has 1 aromatic carbocycles. The van der Waals surface area contributed by atoms with Crippen LogP contribution in [-0.2, 0) is 0 Å². The van der Waals surface area contributed by atoms with Crippen molar-refractivity contribution in [2.24, 2.45) is 0 Å². The molecule has 0 aliphatic carbocycles. The summed E-state index contributed by atoms with van der Waals surface area (Å²) < 4.78 is 1.52. The first kappa shape index (κ1) is 11.9. The lowest BCUT2D eigenvalue weighted by Gasteiger charge is -1.99. The van der Waals surface area contributed by atoms with Crippen molar-refractivity contribution in [2.45, 2.75) is 0 Å².